The highest BCUT2D eigenvalue weighted by Crippen LogP contribution is 2.21. The molecule has 0 amide bonds. The zero-order valence-corrected chi connectivity index (χ0v) is 8.33. The van der Waals surface area contributed by atoms with E-state index in [0.29, 0.717) is 0 Å². The van der Waals surface area contributed by atoms with Crippen LogP contribution in [0.25, 0.3) is 0 Å². The van der Waals surface area contributed by atoms with Gasteiger partial charge in [-0.15, -0.1) is 0 Å². The number of rotatable bonds is 1. The molecule has 62 valence electrons. The Morgan fingerprint density at radius 2 is 1.67 bits per heavy atom. The van der Waals surface area contributed by atoms with Crippen LogP contribution in [0.1, 0.15) is 16.7 Å². The number of hydrogen-bond donors (Lipinski definition) is 0. The first kappa shape index (κ1) is 9.11. The molecule has 2 heteroatoms. The first-order valence-corrected chi connectivity index (χ1v) is 4.21. The monoisotopic (exact) mass is 177 g/mol. The van der Waals surface area contributed by atoms with Crippen molar-refractivity contribution in [3.05, 3.63) is 28.8 Å². The number of benzene rings is 1. The molecule has 0 aliphatic rings. The van der Waals surface area contributed by atoms with Gasteiger partial charge in [-0.3, -0.25) is 0 Å². The van der Waals surface area contributed by atoms with Crippen LogP contribution in [0.5, 0.6) is 0 Å². The molecule has 0 radical (unpaired) electrons. The summed E-state index contributed by atoms with van der Waals surface area (Å²) in [6.07, 6.45) is 0. The third kappa shape index (κ3) is 1.79. The summed E-state index contributed by atoms with van der Waals surface area (Å²) >= 11 is 4.55. The summed E-state index contributed by atoms with van der Waals surface area (Å²) in [5, 5.41) is 2.38. The highest BCUT2D eigenvalue weighted by Gasteiger charge is 1.98. The van der Waals surface area contributed by atoms with Gasteiger partial charge in [0.05, 0.1) is 10.8 Å². The third-order valence-electron chi connectivity index (χ3n) is 1.98. The van der Waals surface area contributed by atoms with E-state index in [2.05, 4.69) is 42.3 Å². The van der Waals surface area contributed by atoms with Crippen LogP contribution in [0.2, 0.25) is 0 Å². The van der Waals surface area contributed by atoms with Crippen molar-refractivity contribution in [3.63, 3.8) is 0 Å². The quantitative estimate of drug-likeness (QED) is 0.473. The molecule has 0 aliphatic carbocycles. The SMILES string of the molecule is Cc1cc(C)c(N=C=S)cc1C. The average molecular weight is 177 g/mol. The molecule has 1 aromatic rings. The van der Waals surface area contributed by atoms with Crippen LogP contribution >= 0.6 is 12.2 Å². The fraction of sp³-hybridized carbons (Fsp3) is 0.300. The van der Waals surface area contributed by atoms with Crippen LogP contribution in [-0.2, 0) is 0 Å². The molecule has 1 nitrogen and oxygen atoms in total. The summed E-state index contributed by atoms with van der Waals surface area (Å²) in [4.78, 5) is 3.97. The zero-order chi connectivity index (χ0) is 9.14. The second-order valence-corrected chi connectivity index (χ2v) is 3.11. The van der Waals surface area contributed by atoms with Crippen molar-refractivity contribution in [3.8, 4) is 0 Å². The predicted molar refractivity (Wildman–Crippen MR) is 55.3 cm³/mol. The van der Waals surface area contributed by atoms with Gasteiger partial charge in [-0.25, -0.2) is 0 Å². The van der Waals surface area contributed by atoms with Crippen molar-refractivity contribution in [2.24, 2.45) is 4.99 Å². The first-order valence-electron chi connectivity index (χ1n) is 3.81. The molecule has 0 fully saturated rings. The topological polar surface area (TPSA) is 12.4 Å². The standard InChI is InChI=1S/C10H11NS/c1-7-4-9(3)10(11-6-12)5-8(7)2/h4-5H,1-3H3. The number of hydrogen-bond acceptors (Lipinski definition) is 2. The van der Waals surface area contributed by atoms with Crippen LogP contribution in [0.15, 0.2) is 17.1 Å². The third-order valence-corrected chi connectivity index (χ3v) is 2.07. The van der Waals surface area contributed by atoms with E-state index in [4.69, 9.17) is 0 Å². The lowest BCUT2D eigenvalue weighted by Gasteiger charge is -2.03. The summed E-state index contributed by atoms with van der Waals surface area (Å²) in [5.41, 5.74) is 4.60. The largest absolute Gasteiger partial charge is 0.194 e. The van der Waals surface area contributed by atoms with Gasteiger partial charge in [-0.1, -0.05) is 6.07 Å². The molecular formula is C10H11NS. The Bertz CT molecular complexity index is 349. The molecule has 0 heterocycles. The summed E-state index contributed by atoms with van der Waals surface area (Å²) in [5.74, 6) is 0. The van der Waals surface area contributed by atoms with Gasteiger partial charge < -0.3 is 0 Å². The van der Waals surface area contributed by atoms with Gasteiger partial charge in [0.2, 0.25) is 0 Å². The lowest BCUT2D eigenvalue weighted by molar-refractivity contribution is 1.28. The predicted octanol–water partition coefficient (Wildman–Crippen LogP) is 3.35. The van der Waals surface area contributed by atoms with Crippen LogP contribution in [0.3, 0.4) is 0 Å². The van der Waals surface area contributed by atoms with E-state index in [0.717, 1.165) is 11.3 Å². The molecule has 0 spiro atoms. The molecule has 0 unspecified atom stereocenters. The Morgan fingerprint density at radius 3 is 2.25 bits per heavy atom. The van der Waals surface area contributed by atoms with E-state index in [1.807, 2.05) is 13.0 Å². The maximum Gasteiger partial charge on any atom is 0.0771 e. The molecule has 1 aromatic carbocycles. The fourth-order valence-electron chi connectivity index (χ4n) is 1.11. The van der Waals surface area contributed by atoms with Gasteiger partial charge in [0.15, 0.2) is 0 Å². The van der Waals surface area contributed by atoms with Crippen molar-refractivity contribution in [2.45, 2.75) is 20.8 Å². The molecule has 0 saturated carbocycles. The average Bonchev–Trinajstić information content (AvgIpc) is 2.01. The zero-order valence-electron chi connectivity index (χ0n) is 7.51. The van der Waals surface area contributed by atoms with Crippen LogP contribution in [0, 0.1) is 20.8 Å². The van der Waals surface area contributed by atoms with Crippen molar-refractivity contribution in [1.82, 2.24) is 0 Å². The van der Waals surface area contributed by atoms with Gasteiger partial charge in [0.25, 0.3) is 0 Å². The van der Waals surface area contributed by atoms with Gasteiger partial charge in [0.1, 0.15) is 0 Å². The molecular weight excluding hydrogens is 166 g/mol. The van der Waals surface area contributed by atoms with Gasteiger partial charge in [-0.2, -0.15) is 4.99 Å². The minimum Gasteiger partial charge on any atom is -0.194 e. The fourth-order valence-corrected chi connectivity index (χ4v) is 1.21. The Hall–Kier alpha value is -0.980. The van der Waals surface area contributed by atoms with Crippen molar-refractivity contribution < 1.29 is 0 Å². The Labute approximate surface area is 78.1 Å². The first-order chi connectivity index (χ1) is 5.65. The maximum atomic E-state index is 4.55. The summed E-state index contributed by atoms with van der Waals surface area (Å²) in [6, 6.07) is 4.14. The highest BCUT2D eigenvalue weighted by atomic mass is 32.1. The van der Waals surface area contributed by atoms with E-state index >= 15 is 0 Å². The molecule has 1 rings (SSSR count). The molecule has 0 bridgehead atoms. The van der Waals surface area contributed by atoms with E-state index in [1.165, 1.54) is 11.1 Å². The molecule has 0 aromatic heterocycles. The lowest BCUT2D eigenvalue weighted by atomic mass is 10.1. The molecule has 12 heavy (non-hydrogen) atoms. The smallest absolute Gasteiger partial charge is 0.0771 e. The Kier molecular flexibility index (Phi) is 2.74. The number of aliphatic imine (C=N–C) groups is 1. The van der Waals surface area contributed by atoms with Crippen LogP contribution in [-0.4, -0.2) is 5.16 Å². The minimum absolute atomic E-state index is 0.924. The molecule has 0 aliphatic heterocycles. The number of nitrogens with zero attached hydrogens (tertiary/aromatic N) is 1. The maximum absolute atomic E-state index is 4.55. The van der Waals surface area contributed by atoms with Crippen molar-refractivity contribution in [2.75, 3.05) is 0 Å². The van der Waals surface area contributed by atoms with Gasteiger partial charge >= 0.3 is 0 Å². The minimum atomic E-state index is 0.924. The Morgan fingerprint density at radius 1 is 1.08 bits per heavy atom. The summed E-state index contributed by atoms with van der Waals surface area (Å²) in [6.45, 7) is 6.18. The highest BCUT2D eigenvalue weighted by molar-refractivity contribution is 7.78. The summed E-state index contributed by atoms with van der Waals surface area (Å²) in [7, 11) is 0. The Balaban J connectivity index is 3.32. The number of aryl methyl sites for hydroxylation is 3. The van der Waals surface area contributed by atoms with Crippen molar-refractivity contribution >= 4 is 23.1 Å². The summed E-state index contributed by atoms with van der Waals surface area (Å²) < 4.78 is 0. The second-order valence-electron chi connectivity index (χ2n) is 2.93. The number of thiocarbonyl (C=S) groups is 1. The van der Waals surface area contributed by atoms with E-state index < -0.39 is 0 Å². The van der Waals surface area contributed by atoms with Crippen LogP contribution < -0.4 is 0 Å². The lowest BCUT2D eigenvalue weighted by Crippen LogP contribution is -1.82. The molecule has 0 N–H and O–H groups in total. The van der Waals surface area contributed by atoms with E-state index in [9.17, 15) is 0 Å². The van der Waals surface area contributed by atoms with E-state index in [1.54, 1.807) is 0 Å². The molecule has 0 saturated heterocycles. The van der Waals surface area contributed by atoms with Crippen LogP contribution in [0.4, 0.5) is 5.69 Å². The second kappa shape index (κ2) is 3.61. The van der Waals surface area contributed by atoms with Crippen molar-refractivity contribution in [1.29, 1.82) is 0 Å². The normalized spacial score (nSPS) is 9.25. The molecule has 0 atom stereocenters. The number of isothiocyanates is 1. The van der Waals surface area contributed by atoms with Gasteiger partial charge in [0, 0.05) is 0 Å². The van der Waals surface area contributed by atoms with E-state index in [-0.39, 0.29) is 0 Å². The van der Waals surface area contributed by atoms with Gasteiger partial charge in [-0.05, 0) is 55.7 Å².